The smallest absolute Gasteiger partial charge is 0.177 e. The second-order valence-corrected chi connectivity index (χ2v) is 4.46. The van der Waals surface area contributed by atoms with Crippen molar-refractivity contribution in [2.24, 2.45) is 0 Å². The average molecular weight is 311 g/mol. The zero-order chi connectivity index (χ0) is 13.0. The Hall–Kier alpha value is -1.49. The van der Waals surface area contributed by atoms with E-state index in [1.54, 1.807) is 7.11 Å². The predicted octanol–water partition coefficient (Wildman–Crippen LogP) is 3.25. The predicted molar refractivity (Wildman–Crippen MR) is 72.9 cm³/mol. The third-order valence-corrected chi connectivity index (χ3v) is 3.18. The quantitative estimate of drug-likeness (QED) is 0.850. The van der Waals surface area contributed by atoms with Crippen molar-refractivity contribution in [2.45, 2.75) is 20.1 Å². The van der Waals surface area contributed by atoms with Gasteiger partial charge in [0.25, 0.3) is 0 Å². The Bertz CT molecular complexity index is 525. The molecule has 4 nitrogen and oxygen atoms in total. The molecule has 0 fully saturated rings. The summed E-state index contributed by atoms with van der Waals surface area (Å²) in [7, 11) is 1.64. The Kier molecular flexibility index (Phi) is 4.25. The molecule has 2 rings (SSSR count). The fourth-order valence-electron chi connectivity index (χ4n) is 1.58. The minimum Gasteiger partial charge on any atom is -0.497 e. The van der Waals surface area contributed by atoms with Crippen LogP contribution in [0.4, 0.5) is 0 Å². The number of ether oxygens (including phenoxy) is 2. The molecule has 5 heteroatoms. The van der Waals surface area contributed by atoms with Gasteiger partial charge in [-0.1, -0.05) is 6.07 Å². The monoisotopic (exact) mass is 310 g/mol. The summed E-state index contributed by atoms with van der Waals surface area (Å²) in [6, 6.07) is 7.53. The Morgan fingerprint density at radius 3 is 2.78 bits per heavy atom. The largest absolute Gasteiger partial charge is 0.497 e. The Labute approximate surface area is 115 Å². The van der Waals surface area contributed by atoms with Crippen molar-refractivity contribution in [3.8, 4) is 11.5 Å². The maximum Gasteiger partial charge on any atom is 0.177 e. The molecule has 0 atom stereocenters. The zero-order valence-electron chi connectivity index (χ0n) is 10.4. The zero-order valence-corrected chi connectivity index (χ0v) is 12.0. The van der Waals surface area contributed by atoms with Gasteiger partial charge in [0.1, 0.15) is 18.1 Å². The van der Waals surface area contributed by atoms with Crippen molar-refractivity contribution in [1.29, 1.82) is 0 Å². The summed E-state index contributed by atoms with van der Waals surface area (Å²) < 4.78 is 13.7. The molecule has 0 aliphatic carbocycles. The number of hydrogen-bond donors (Lipinski definition) is 0. The molecule has 0 N–H and O–H groups in total. The Balaban J connectivity index is 2.01. The highest BCUT2D eigenvalue weighted by Crippen LogP contribution is 2.20. The van der Waals surface area contributed by atoms with Gasteiger partial charge in [-0.05, 0) is 35.0 Å². The second kappa shape index (κ2) is 5.91. The number of imidazole rings is 1. The van der Waals surface area contributed by atoms with Gasteiger partial charge < -0.3 is 14.0 Å². The molecule has 96 valence electrons. The molecular formula is C13H15BrN2O2. The van der Waals surface area contributed by atoms with Crippen molar-refractivity contribution in [2.75, 3.05) is 7.11 Å². The Morgan fingerprint density at radius 2 is 2.11 bits per heavy atom. The van der Waals surface area contributed by atoms with Gasteiger partial charge in [-0.3, -0.25) is 0 Å². The molecule has 0 radical (unpaired) electrons. The third-order valence-electron chi connectivity index (χ3n) is 2.55. The molecule has 1 heterocycles. The van der Waals surface area contributed by atoms with E-state index in [-0.39, 0.29) is 0 Å². The standard InChI is InChI=1S/C13H15BrN2O2/c1-3-16-8-10(15-13(16)14)9-18-12-6-4-5-11(7-12)17-2/h4-8H,3,9H2,1-2H3. The van der Waals surface area contributed by atoms with E-state index in [2.05, 4.69) is 27.8 Å². The van der Waals surface area contributed by atoms with Crippen molar-refractivity contribution >= 4 is 15.9 Å². The first-order valence-electron chi connectivity index (χ1n) is 5.71. The van der Waals surface area contributed by atoms with Crippen LogP contribution in [-0.2, 0) is 13.2 Å². The summed E-state index contributed by atoms with van der Waals surface area (Å²) in [6.07, 6.45) is 1.98. The van der Waals surface area contributed by atoms with Gasteiger partial charge in [-0.25, -0.2) is 4.98 Å². The van der Waals surface area contributed by atoms with Gasteiger partial charge in [0, 0.05) is 18.8 Å². The third kappa shape index (κ3) is 3.04. The highest BCUT2D eigenvalue weighted by molar-refractivity contribution is 9.10. The first kappa shape index (κ1) is 13.0. The van der Waals surface area contributed by atoms with Crippen LogP contribution in [0.5, 0.6) is 11.5 Å². The van der Waals surface area contributed by atoms with E-state index in [0.717, 1.165) is 28.5 Å². The molecule has 0 aliphatic rings. The van der Waals surface area contributed by atoms with Crippen LogP contribution < -0.4 is 9.47 Å². The highest BCUT2D eigenvalue weighted by atomic mass is 79.9. The second-order valence-electron chi connectivity index (χ2n) is 3.75. The number of benzene rings is 1. The van der Waals surface area contributed by atoms with E-state index >= 15 is 0 Å². The molecule has 0 unspecified atom stereocenters. The molecular weight excluding hydrogens is 296 g/mol. The van der Waals surface area contributed by atoms with Crippen LogP contribution in [0, 0.1) is 0 Å². The summed E-state index contributed by atoms with van der Waals surface area (Å²) >= 11 is 3.40. The SMILES string of the molecule is CCn1cc(COc2cccc(OC)c2)nc1Br. The molecule has 0 bridgehead atoms. The van der Waals surface area contributed by atoms with Gasteiger partial charge in [0.05, 0.1) is 12.8 Å². The van der Waals surface area contributed by atoms with Crippen LogP contribution in [0.15, 0.2) is 35.2 Å². The van der Waals surface area contributed by atoms with Crippen molar-refractivity contribution in [3.05, 3.63) is 40.9 Å². The number of aromatic nitrogens is 2. The number of methoxy groups -OCH3 is 1. The molecule has 0 saturated heterocycles. The fraction of sp³-hybridized carbons (Fsp3) is 0.308. The minimum atomic E-state index is 0.443. The number of rotatable bonds is 5. The lowest BCUT2D eigenvalue weighted by atomic mass is 10.3. The molecule has 0 saturated carbocycles. The molecule has 0 aliphatic heterocycles. The number of halogens is 1. The van der Waals surface area contributed by atoms with Gasteiger partial charge in [0.2, 0.25) is 0 Å². The van der Waals surface area contributed by atoms with Gasteiger partial charge >= 0.3 is 0 Å². The van der Waals surface area contributed by atoms with E-state index in [0.29, 0.717) is 6.61 Å². The van der Waals surface area contributed by atoms with Gasteiger partial charge in [-0.15, -0.1) is 0 Å². The summed E-state index contributed by atoms with van der Waals surface area (Å²) in [5.74, 6) is 1.56. The van der Waals surface area contributed by atoms with Crippen LogP contribution in [-0.4, -0.2) is 16.7 Å². The van der Waals surface area contributed by atoms with Crippen LogP contribution >= 0.6 is 15.9 Å². The lowest BCUT2D eigenvalue weighted by Crippen LogP contribution is -1.96. The summed E-state index contributed by atoms with van der Waals surface area (Å²) in [6.45, 7) is 3.39. The summed E-state index contributed by atoms with van der Waals surface area (Å²) in [4.78, 5) is 4.36. The van der Waals surface area contributed by atoms with Gasteiger partial charge in [0.15, 0.2) is 4.73 Å². The molecule has 18 heavy (non-hydrogen) atoms. The first-order chi connectivity index (χ1) is 8.72. The van der Waals surface area contributed by atoms with E-state index < -0.39 is 0 Å². The lowest BCUT2D eigenvalue weighted by Gasteiger charge is -2.05. The van der Waals surface area contributed by atoms with Crippen molar-refractivity contribution in [3.63, 3.8) is 0 Å². The van der Waals surface area contributed by atoms with Gasteiger partial charge in [-0.2, -0.15) is 0 Å². The molecule has 1 aromatic heterocycles. The molecule has 0 amide bonds. The first-order valence-corrected chi connectivity index (χ1v) is 6.50. The van der Waals surface area contributed by atoms with E-state index in [9.17, 15) is 0 Å². The van der Waals surface area contributed by atoms with Crippen LogP contribution in [0.2, 0.25) is 0 Å². The van der Waals surface area contributed by atoms with Crippen LogP contribution in [0.1, 0.15) is 12.6 Å². The normalized spacial score (nSPS) is 10.4. The lowest BCUT2D eigenvalue weighted by molar-refractivity contribution is 0.299. The summed E-state index contributed by atoms with van der Waals surface area (Å²) in [5, 5.41) is 0. The topological polar surface area (TPSA) is 36.3 Å². The maximum absolute atomic E-state index is 5.67. The molecule has 1 aromatic carbocycles. The number of aryl methyl sites for hydroxylation is 1. The van der Waals surface area contributed by atoms with E-state index in [1.807, 2.05) is 35.0 Å². The molecule has 0 spiro atoms. The average Bonchev–Trinajstić information content (AvgIpc) is 2.77. The Morgan fingerprint density at radius 1 is 1.33 bits per heavy atom. The minimum absolute atomic E-state index is 0.443. The maximum atomic E-state index is 5.67. The van der Waals surface area contributed by atoms with E-state index in [4.69, 9.17) is 9.47 Å². The van der Waals surface area contributed by atoms with Crippen LogP contribution in [0.3, 0.4) is 0 Å². The summed E-state index contributed by atoms with van der Waals surface area (Å²) in [5.41, 5.74) is 0.895. The van der Waals surface area contributed by atoms with E-state index in [1.165, 1.54) is 0 Å². The highest BCUT2D eigenvalue weighted by Gasteiger charge is 2.05. The number of nitrogens with zero attached hydrogens (tertiary/aromatic N) is 2. The van der Waals surface area contributed by atoms with Crippen molar-refractivity contribution in [1.82, 2.24) is 9.55 Å². The fourth-order valence-corrected chi connectivity index (χ4v) is 2.17. The van der Waals surface area contributed by atoms with Crippen molar-refractivity contribution < 1.29 is 9.47 Å². The molecule has 2 aromatic rings. The van der Waals surface area contributed by atoms with Crippen LogP contribution in [0.25, 0.3) is 0 Å². The number of hydrogen-bond acceptors (Lipinski definition) is 3.